The van der Waals surface area contributed by atoms with E-state index in [0.717, 1.165) is 29.3 Å². The summed E-state index contributed by atoms with van der Waals surface area (Å²) in [5.74, 6) is -0.342. The van der Waals surface area contributed by atoms with Crippen molar-refractivity contribution in [3.05, 3.63) is 35.0 Å². The standard InChI is InChI=1S/C15H16FNO2S/c16-11-4-5-13-10(7-11)8-14(20-13)15(19)17-6-2-1-3-12(17)9-18/h4-5,7-8,12,18H,1-3,6,9H2. The van der Waals surface area contributed by atoms with Gasteiger partial charge in [0.1, 0.15) is 5.82 Å². The van der Waals surface area contributed by atoms with Crippen LogP contribution in [0.4, 0.5) is 4.39 Å². The molecule has 0 saturated carbocycles. The number of fused-ring (bicyclic) bond motifs is 1. The van der Waals surface area contributed by atoms with Crippen LogP contribution in [0, 0.1) is 5.82 Å². The number of hydrogen-bond acceptors (Lipinski definition) is 3. The fraction of sp³-hybridized carbons (Fsp3) is 0.400. The summed E-state index contributed by atoms with van der Waals surface area (Å²) in [6, 6.07) is 6.21. The van der Waals surface area contributed by atoms with Gasteiger partial charge in [0.05, 0.1) is 17.5 Å². The van der Waals surface area contributed by atoms with E-state index < -0.39 is 0 Å². The molecule has 0 bridgehead atoms. The van der Waals surface area contributed by atoms with Gasteiger partial charge in [-0.05, 0) is 48.9 Å². The highest BCUT2D eigenvalue weighted by molar-refractivity contribution is 7.20. The number of carbonyl (C=O) groups is 1. The molecule has 1 fully saturated rings. The van der Waals surface area contributed by atoms with Crippen molar-refractivity contribution in [3.8, 4) is 0 Å². The maximum absolute atomic E-state index is 13.2. The predicted octanol–water partition coefficient (Wildman–Crippen LogP) is 3.03. The molecule has 0 spiro atoms. The Labute approximate surface area is 120 Å². The van der Waals surface area contributed by atoms with Gasteiger partial charge in [0, 0.05) is 11.2 Å². The third-order valence-corrected chi connectivity index (χ3v) is 4.89. The Morgan fingerprint density at radius 2 is 2.25 bits per heavy atom. The van der Waals surface area contributed by atoms with Crippen molar-refractivity contribution < 1.29 is 14.3 Å². The van der Waals surface area contributed by atoms with Gasteiger partial charge in [-0.2, -0.15) is 0 Å². The molecule has 106 valence electrons. The molecule has 0 radical (unpaired) electrons. The number of aliphatic hydroxyl groups is 1. The molecule has 1 N–H and O–H groups in total. The first-order valence-corrected chi connectivity index (χ1v) is 7.61. The Kier molecular flexibility index (Phi) is 3.72. The normalized spacial score (nSPS) is 19.5. The number of carbonyl (C=O) groups excluding carboxylic acids is 1. The van der Waals surface area contributed by atoms with Crippen LogP contribution in [0.1, 0.15) is 28.9 Å². The fourth-order valence-electron chi connectivity index (χ4n) is 2.72. The molecule has 5 heteroatoms. The van der Waals surface area contributed by atoms with Crippen LogP contribution in [-0.2, 0) is 0 Å². The number of likely N-dealkylation sites (tertiary alicyclic amines) is 1. The van der Waals surface area contributed by atoms with Crippen LogP contribution in [0.5, 0.6) is 0 Å². The van der Waals surface area contributed by atoms with Crippen molar-refractivity contribution in [3.63, 3.8) is 0 Å². The second-order valence-electron chi connectivity index (χ2n) is 5.12. The summed E-state index contributed by atoms with van der Waals surface area (Å²) >= 11 is 1.38. The van der Waals surface area contributed by atoms with Crippen molar-refractivity contribution in [2.75, 3.05) is 13.2 Å². The van der Waals surface area contributed by atoms with E-state index >= 15 is 0 Å². The summed E-state index contributed by atoms with van der Waals surface area (Å²) in [6.45, 7) is 0.692. The number of piperidine rings is 1. The molecular weight excluding hydrogens is 277 g/mol. The zero-order chi connectivity index (χ0) is 14.1. The topological polar surface area (TPSA) is 40.5 Å². The van der Waals surface area contributed by atoms with Gasteiger partial charge in [0.2, 0.25) is 0 Å². The summed E-state index contributed by atoms with van der Waals surface area (Å²) in [5, 5.41) is 10.2. The molecule has 1 unspecified atom stereocenters. The molecular formula is C15H16FNO2S. The molecule has 3 rings (SSSR count). The summed E-state index contributed by atoms with van der Waals surface area (Å²) in [6.07, 6.45) is 2.87. The molecule has 1 aromatic heterocycles. The van der Waals surface area contributed by atoms with Crippen LogP contribution in [0.2, 0.25) is 0 Å². The Hall–Kier alpha value is -1.46. The molecule has 1 amide bonds. The number of rotatable bonds is 2. The van der Waals surface area contributed by atoms with Gasteiger partial charge in [-0.25, -0.2) is 4.39 Å². The Morgan fingerprint density at radius 3 is 3.05 bits per heavy atom. The van der Waals surface area contributed by atoms with Gasteiger partial charge in [-0.15, -0.1) is 11.3 Å². The lowest BCUT2D eigenvalue weighted by Gasteiger charge is -2.34. The second kappa shape index (κ2) is 5.50. The van der Waals surface area contributed by atoms with Crippen molar-refractivity contribution in [2.24, 2.45) is 0 Å². The number of halogens is 1. The lowest BCUT2D eigenvalue weighted by atomic mass is 10.0. The Bertz CT molecular complexity index is 640. The number of amides is 1. The van der Waals surface area contributed by atoms with Crippen LogP contribution in [0.3, 0.4) is 0 Å². The van der Waals surface area contributed by atoms with Crippen LogP contribution in [-0.4, -0.2) is 35.1 Å². The van der Waals surface area contributed by atoms with Gasteiger partial charge in [0.15, 0.2) is 0 Å². The summed E-state index contributed by atoms with van der Waals surface area (Å²) in [4.78, 5) is 14.9. The zero-order valence-electron chi connectivity index (χ0n) is 11.0. The third kappa shape index (κ3) is 2.43. The highest BCUT2D eigenvalue weighted by Crippen LogP contribution is 2.29. The van der Waals surface area contributed by atoms with E-state index in [1.54, 1.807) is 17.0 Å². The zero-order valence-corrected chi connectivity index (χ0v) is 11.8. The van der Waals surface area contributed by atoms with Gasteiger partial charge >= 0.3 is 0 Å². The van der Waals surface area contributed by atoms with E-state index in [4.69, 9.17) is 0 Å². The van der Waals surface area contributed by atoms with Crippen molar-refractivity contribution in [2.45, 2.75) is 25.3 Å². The minimum absolute atomic E-state index is 0.00522. The maximum Gasteiger partial charge on any atom is 0.264 e. The third-order valence-electron chi connectivity index (χ3n) is 3.79. The van der Waals surface area contributed by atoms with Crippen molar-refractivity contribution in [1.82, 2.24) is 4.90 Å². The molecule has 3 nitrogen and oxygen atoms in total. The fourth-order valence-corrected chi connectivity index (χ4v) is 3.72. The molecule has 1 atom stereocenters. The molecule has 2 aromatic rings. The lowest BCUT2D eigenvalue weighted by Crippen LogP contribution is -2.45. The Balaban J connectivity index is 1.91. The Morgan fingerprint density at radius 1 is 1.40 bits per heavy atom. The monoisotopic (exact) mass is 293 g/mol. The average Bonchev–Trinajstić information content (AvgIpc) is 2.89. The first-order valence-electron chi connectivity index (χ1n) is 6.80. The lowest BCUT2D eigenvalue weighted by molar-refractivity contribution is 0.0508. The predicted molar refractivity (Wildman–Crippen MR) is 77.5 cm³/mol. The average molecular weight is 293 g/mol. The highest BCUT2D eigenvalue weighted by Gasteiger charge is 2.27. The first-order chi connectivity index (χ1) is 9.69. The van der Waals surface area contributed by atoms with E-state index in [2.05, 4.69) is 0 Å². The maximum atomic E-state index is 13.2. The van der Waals surface area contributed by atoms with Crippen LogP contribution < -0.4 is 0 Å². The van der Waals surface area contributed by atoms with Crippen LogP contribution in [0.25, 0.3) is 10.1 Å². The number of hydrogen-bond donors (Lipinski definition) is 1. The van der Waals surface area contributed by atoms with Gasteiger partial charge in [-0.1, -0.05) is 0 Å². The minimum Gasteiger partial charge on any atom is -0.394 e. The largest absolute Gasteiger partial charge is 0.394 e. The molecule has 1 aliphatic rings. The van der Waals surface area contributed by atoms with E-state index in [1.165, 1.54) is 23.5 Å². The SMILES string of the molecule is O=C(c1cc2cc(F)ccc2s1)N1CCCCC1CO. The summed E-state index contributed by atoms with van der Waals surface area (Å²) in [7, 11) is 0. The number of benzene rings is 1. The van der Waals surface area contributed by atoms with E-state index in [1.807, 2.05) is 0 Å². The molecule has 1 aliphatic heterocycles. The van der Waals surface area contributed by atoms with Gasteiger partial charge in [-0.3, -0.25) is 4.79 Å². The van der Waals surface area contributed by atoms with E-state index in [9.17, 15) is 14.3 Å². The van der Waals surface area contributed by atoms with Crippen LogP contribution >= 0.6 is 11.3 Å². The quantitative estimate of drug-likeness (QED) is 0.924. The summed E-state index contributed by atoms with van der Waals surface area (Å²) < 4.78 is 14.1. The van der Waals surface area contributed by atoms with Crippen molar-refractivity contribution in [1.29, 1.82) is 0 Å². The molecule has 20 heavy (non-hydrogen) atoms. The number of aliphatic hydroxyl groups excluding tert-OH is 1. The minimum atomic E-state index is -0.291. The van der Waals surface area contributed by atoms with Gasteiger partial charge < -0.3 is 10.0 Å². The number of nitrogens with zero attached hydrogens (tertiary/aromatic N) is 1. The smallest absolute Gasteiger partial charge is 0.264 e. The molecule has 1 saturated heterocycles. The van der Waals surface area contributed by atoms with E-state index in [-0.39, 0.29) is 24.4 Å². The molecule has 2 heterocycles. The van der Waals surface area contributed by atoms with Gasteiger partial charge in [0.25, 0.3) is 5.91 Å². The molecule has 1 aromatic carbocycles. The molecule has 0 aliphatic carbocycles. The highest BCUT2D eigenvalue weighted by atomic mass is 32.1. The summed E-state index contributed by atoms with van der Waals surface area (Å²) in [5.41, 5.74) is 0. The second-order valence-corrected chi connectivity index (χ2v) is 6.21. The van der Waals surface area contributed by atoms with E-state index in [0.29, 0.717) is 11.4 Å². The first kappa shape index (κ1) is 13.5. The van der Waals surface area contributed by atoms with Crippen molar-refractivity contribution >= 4 is 27.3 Å². The number of thiophene rings is 1. The van der Waals surface area contributed by atoms with Crippen LogP contribution in [0.15, 0.2) is 24.3 Å².